The van der Waals surface area contributed by atoms with Crippen molar-refractivity contribution in [3.05, 3.63) is 94.3 Å². The minimum atomic E-state index is -0.122. The van der Waals surface area contributed by atoms with Crippen LogP contribution in [-0.2, 0) is 13.0 Å². The van der Waals surface area contributed by atoms with Crippen molar-refractivity contribution < 1.29 is 4.39 Å². The summed E-state index contributed by atoms with van der Waals surface area (Å²) >= 11 is 0. The number of fused-ring (bicyclic) bond motifs is 1. The van der Waals surface area contributed by atoms with E-state index < -0.39 is 0 Å². The molecule has 1 aromatic heterocycles. The van der Waals surface area contributed by atoms with Crippen molar-refractivity contribution in [3.63, 3.8) is 0 Å². The molecule has 0 N–H and O–H groups in total. The van der Waals surface area contributed by atoms with Crippen molar-refractivity contribution in [3.8, 4) is 11.3 Å². The van der Waals surface area contributed by atoms with Crippen LogP contribution >= 0.6 is 0 Å². The fourth-order valence-corrected chi connectivity index (χ4v) is 4.31. The van der Waals surface area contributed by atoms with Gasteiger partial charge in [0.15, 0.2) is 5.82 Å². The molecule has 0 radical (unpaired) electrons. The van der Waals surface area contributed by atoms with Crippen molar-refractivity contribution in [2.75, 3.05) is 0 Å². The lowest BCUT2D eigenvalue weighted by molar-refractivity contribution is 0.634. The Balaban J connectivity index is 1.92. The number of aryl methyl sites for hydroxylation is 4. The largest absolute Gasteiger partial charge is 0.333 e. The average Bonchev–Trinajstić information content (AvgIpc) is 2.95. The molecule has 0 atom stereocenters. The maximum Gasteiger partial charge on any atom is 0.156 e. The third-order valence-electron chi connectivity index (χ3n) is 5.78. The smallest absolute Gasteiger partial charge is 0.156 e. The normalized spacial score (nSPS) is 11.3. The molecular formula is C27H28FN. The molecule has 1 nitrogen and oxygen atoms in total. The highest BCUT2D eigenvalue weighted by molar-refractivity contribution is 5.90. The van der Waals surface area contributed by atoms with E-state index in [1.54, 1.807) is 0 Å². The molecule has 0 aliphatic rings. The Kier molecular flexibility index (Phi) is 5.27. The minimum Gasteiger partial charge on any atom is -0.333 e. The fraction of sp³-hybridized carbons (Fsp3) is 0.259. The van der Waals surface area contributed by atoms with Gasteiger partial charge in [0, 0.05) is 17.5 Å². The third-order valence-corrected chi connectivity index (χ3v) is 5.78. The summed E-state index contributed by atoms with van der Waals surface area (Å²) in [4.78, 5) is 0. The zero-order chi connectivity index (χ0) is 20.5. The highest BCUT2D eigenvalue weighted by atomic mass is 19.1. The van der Waals surface area contributed by atoms with Gasteiger partial charge in [-0.05, 0) is 61.6 Å². The van der Waals surface area contributed by atoms with E-state index in [0.29, 0.717) is 17.6 Å². The van der Waals surface area contributed by atoms with E-state index in [4.69, 9.17) is 0 Å². The van der Waals surface area contributed by atoms with E-state index in [2.05, 4.69) is 73.9 Å². The lowest BCUT2D eigenvalue weighted by atomic mass is 9.99. The van der Waals surface area contributed by atoms with E-state index >= 15 is 4.39 Å². The molecule has 0 amide bonds. The van der Waals surface area contributed by atoms with Gasteiger partial charge >= 0.3 is 0 Å². The van der Waals surface area contributed by atoms with Crippen LogP contribution in [0.1, 0.15) is 41.2 Å². The van der Waals surface area contributed by atoms with Crippen molar-refractivity contribution in [1.29, 1.82) is 0 Å². The van der Waals surface area contributed by atoms with Crippen molar-refractivity contribution in [2.24, 2.45) is 0 Å². The standard InChI is InChI=1S/C27H28FN/c1-5-7-21-11-13-22(14-12-21)17-29-24-15-10-18(2)16-23(24)26(28)27(29)25-19(3)8-6-9-20(25)4/h6,8-16H,5,7,17H2,1-4H3. The number of aromatic nitrogens is 1. The molecule has 3 aromatic carbocycles. The fourth-order valence-electron chi connectivity index (χ4n) is 4.31. The first-order chi connectivity index (χ1) is 14.0. The van der Waals surface area contributed by atoms with Crippen LogP contribution in [-0.4, -0.2) is 4.57 Å². The SMILES string of the molecule is CCCc1ccc(Cn2c(-c3c(C)cccc3C)c(F)c3cc(C)ccc32)cc1. The molecular weight excluding hydrogens is 357 g/mol. The highest BCUT2D eigenvalue weighted by Crippen LogP contribution is 2.37. The number of hydrogen-bond acceptors (Lipinski definition) is 0. The van der Waals surface area contributed by atoms with Crippen molar-refractivity contribution in [2.45, 2.75) is 47.1 Å². The summed E-state index contributed by atoms with van der Waals surface area (Å²) in [6, 6.07) is 21.0. The van der Waals surface area contributed by atoms with Crippen LogP contribution in [0.25, 0.3) is 22.2 Å². The van der Waals surface area contributed by atoms with Gasteiger partial charge in [0.2, 0.25) is 0 Å². The first-order valence-electron chi connectivity index (χ1n) is 10.4. The van der Waals surface area contributed by atoms with E-state index in [0.717, 1.165) is 40.6 Å². The van der Waals surface area contributed by atoms with E-state index in [-0.39, 0.29) is 5.82 Å². The van der Waals surface area contributed by atoms with Crippen LogP contribution in [0.4, 0.5) is 4.39 Å². The Morgan fingerprint density at radius 2 is 1.48 bits per heavy atom. The summed E-state index contributed by atoms with van der Waals surface area (Å²) < 4.78 is 17.9. The van der Waals surface area contributed by atoms with Gasteiger partial charge < -0.3 is 4.57 Å². The lowest BCUT2D eigenvalue weighted by Crippen LogP contribution is -2.04. The van der Waals surface area contributed by atoms with Crippen molar-refractivity contribution in [1.82, 2.24) is 4.57 Å². The molecule has 0 aliphatic carbocycles. The maximum atomic E-state index is 15.8. The van der Waals surface area contributed by atoms with Crippen LogP contribution in [0.2, 0.25) is 0 Å². The van der Waals surface area contributed by atoms with E-state index in [9.17, 15) is 0 Å². The molecule has 4 rings (SSSR count). The summed E-state index contributed by atoms with van der Waals surface area (Å²) in [7, 11) is 0. The second kappa shape index (κ2) is 7.87. The van der Waals surface area contributed by atoms with Gasteiger partial charge in [0.25, 0.3) is 0 Å². The molecule has 0 fully saturated rings. The van der Waals surface area contributed by atoms with Crippen LogP contribution in [0.3, 0.4) is 0 Å². The number of rotatable bonds is 5. The van der Waals surface area contributed by atoms with Gasteiger partial charge in [-0.25, -0.2) is 4.39 Å². The molecule has 0 spiro atoms. The Morgan fingerprint density at radius 1 is 0.828 bits per heavy atom. The molecule has 0 unspecified atom stereocenters. The van der Waals surface area contributed by atoms with Gasteiger partial charge in [-0.15, -0.1) is 0 Å². The Morgan fingerprint density at radius 3 is 2.14 bits per heavy atom. The Bertz CT molecular complexity index is 1150. The maximum absolute atomic E-state index is 15.8. The van der Waals surface area contributed by atoms with Crippen LogP contribution in [0.15, 0.2) is 60.7 Å². The summed E-state index contributed by atoms with van der Waals surface area (Å²) in [5.74, 6) is -0.122. The molecule has 29 heavy (non-hydrogen) atoms. The molecule has 4 aromatic rings. The van der Waals surface area contributed by atoms with Gasteiger partial charge in [-0.1, -0.05) is 67.4 Å². The summed E-state index contributed by atoms with van der Waals surface area (Å²) in [5.41, 5.74) is 8.46. The highest BCUT2D eigenvalue weighted by Gasteiger charge is 2.21. The summed E-state index contributed by atoms with van der Waals surface area (Å²) in [6.07, 6.45) is 2.23. The molecule has 148 valence electrons. The Labute approximate surface area is 172 Å². The zero-order valence-electron chi connectivity index (χ0n) is 17.7. The van der Waals surface area contributed by atoms with Gasteiger partial charge in [-0.2, -0.15) is 0 Å². The third kappa shape index (κ3) is 3.60. The summed E-state index contributed by atoms with van der Waals surface area (Å²) in [5, 5.41) is 0.699. The van der Waals surface area contributed by atoms with E-state index in [1.165, 1.54) is 11.1 Å². The van der Waals surface area contributed by atoms with Gasteiger partial charge in [0.05, 0.1) is 11.2 Å². The van der Waals surface area contributed by atoms with Crippen LogP contribution in [0.5, 0.6) is 0 Å². The number of nitrogens with zero attached hydrogens (tertiary/aromatic N) is 1. The molecule has 2 heteroatoms. The second-order valence-electron chi connectivity index (χ2n) is 8.10. The summed E-state index contributed by atoms with van der Waals surface area (Å²) in [6.45, 7) is 8.99. The lowest BCUT2D eigenvalue weighted by Gasteiger charge is -2.15. The van der Waals surface area contributed by atoms with Gasteiger partial charge in [0.1, 0.15) is 0 Å². The van der Waals surface area contributed by atoms with Crippen LogP contribution < -0.4 is 0 Å². The molecule has 0 bridgehead atoms. The Hall–Kier alpha value is -2.87. The molecule has 0 aliphatic heterocycles. The molecule has 0 saturated heterocycles. The first kappa shape index (κ1) is 19.4. The topological polar surface area (TPSA) is 4.93 Å². The quantitative estimate of drug-likeness (QED) is 0.338. The number of halogens is 1. The van der Waals surface area contributed by atoms with E-state index in [1.807, 2.05) is 19.1 Å². The first-order valence-corrected chi connectivity index (χ1v) is 10.4. The predicted octanol–water partition coefficient (Wildman–Crippen LogP) is 7.37. The second-order valence-corrected chi connectivity index (χ2v) is 8.10. The van der Waals surface area contributed by atoms with Crippen molar-refractivity contribution >= 4 is 10.9 Å². The zero-order valence-corrected chi connectivity index (χ0v) is 17.7. The molecule has 1 heterocycles. The molecule has 0 saturated carbocycles. The number of hydrogen-bond donors (Lipinski definition) is 0. The predicted molar refractivity (Wildman–Crippen MR) is 121 cm³/mol. The van der Waals surface area contributed by atoms with Gasteiger partial charge in [-0.3, -0.25) is 0 Å². The average molecular weight is 386 g/mol. The number of benzene rings is 3. The monoisotopic (exact) mass is 385 g/mol. The minimum absolute atomic E-state index is 0.122. The van der Waals surface area contributed by atoms with Crippen LogP contribution in [0, 0.1) is 26.6 Å².